The van der Waals surface area contributed by atoms with Crippen molar-refractivity contribution in [1.82, 2.24) is 10.6 Å². The first-order valence-electron chi connectivity index (χ1n) is 8.46. The first-order chi connectivity index (χ1) is 11.6. The lowest BCUT2D eigenvalue weighted by Crippen LogP contribution is -2.44. The molecule has 6 nitrogen and oxygen atoms in total. The van der Waals surface area contributed by atoms with Crippen molar-refractivity contribution < 1.29 is 9.59 Å². The monoisotopic (exact) mass is 350 g/mol. The first kappa shape index (κ1) is 17.0. The Morgan fingerprint density at radius 1 is 1.38 bits per heavy atom. The molecule has 24 heavy (non-hydrogen) atoms. The lowest BCUT2D eigenvalue weighted by molar-refractivity contribution is 0.0908. The number of carbonyl (C=O) groups is 2. The van der Waals surface area contributed by atoms with E-state index in [9.17, 15) is 9.59 Å². The smallest absolute Gasteiger partial charge is 0.322 e. The van der Waals surface area contributed by atoms with Crippen LogP contribution in [0.3, 0.4) is 0 Å². The number of halogens is 1. The van der Waals surface area contributed by atoms with E-state index in [2.05, 4.69) is 10.6 Å². The molecule has 0 spiro atoms. The molecule has 7 heteroatoms. The summed E-state index contributed by atoms with van der Waals surface area (Å²) in [7, 11) is 0. The van der Waals surface area contributed by atoms with Crippen LogP contribution in [0, 0.1) is 5.92 Å². The Morgan fingerprint density at radius 2 is 2.17 bits per heavy atom. The summed E-state index contributed by atoms with van der Waals surface area (Å²) in [5.41, 5.74) is 6.91. The van der Waals surface area contributed by atoms with Gasteiger partial charge in [-0.3, -0.25) is 9.69 Å². The molecule has 1 aromatic rings. The molecular weight excluding hydrogens is 328 g/mol. The second kappa shape index (κ2) is 7.40. The molecular formula is C17H23ClN4O2. The van der Waals surface area contributed by atoms with E-state index < -0.39 is 0 Å². The second-order valence-electron chi connectivity index (χ2n) is 6.41. The quantitative estimate of drug-likeness (QED) is 0.777. The highest BCUT2D eigenvalue weighted by Gasteiger charge is 2.27. The number of rotatable bonds is 4. The van der Waals surface area contributed by atoms with Gasteiger partial charge in [0.25, 0.3) is 5.91 Å². The molecule has 1 aromatic carbocycles. The van der Waals surface area contributed by atoms with Crippen LogP contribution in [-0.2, 0) is 0 Å². The number of carbonyl (C=O) groups excluding carboxylic acids is 2. The Balaban J connectivity index is 1.76. The molecule has 2 unspecified atom stereocenters. The molecule has 3 amide bonds. The van der Waals surface area contributed by atoms with Crippen LogP contribution in [0.15, 0.2) is 18.2 Å². The number of hydrogen-bond donors (Lipinski definition) is 3. The van der Waals surface area contributed by atoms with Crippen LogP contribution in [0.1, 0.15) is 36.0 Å². The number of benzene rings is 1. The van der Waals surface area contributed by atoms with Crippen molar-refractivity contribution in [3.05, 3.63) is 28.8 Å². The van der Waals surface area contributed by atoms with Crippen LogP contribution < -0.4 is 21.3 Å². The summed E-state index contributed by atoms with van der Waals surface area (Å²) >= 11 is 6.21. The van der Waals surface area contributed by atoms with Crippen LogP contribution in [0.5, 0.6) is 0 Å². The third-order valence-electron chi connectivity index (χ3n) is 4.88. The standard InChI is InChI=1S/C17H23ClN4O2/c18-13-6-5-11(9-15(13)22-8-7-20-17(22)24)16(23)21-14-4-2-1-3-12(14)10-19/h5-6,9,12,14H,1-4,7-8,10,19H2,(H,20,24)(H,21,23). The molecule has 1 saturated heterocycles. The zero-order valence-electron chi connectivity index (χ0n) is 13.6. The van der Waals surface area contributed by atoms with Crippen LogP contribution in [0.4, 0.5) is 10.5 Å². The van der Waals surface area contributed by atoms with E-state index in [1.165, 1.54) is 6.42 Å². The van der Waals surface area contributed by atoms with E-state index in [4.69, 9.17) is 17.3 Å². The minimum Gasteiger partial charge on any atom is -0.349 e. The average Bonchev–Trinajstić information content (AvgIpc) is 3.01. The zero-order chi connectivity index (χ0) is 17.1. The normalized spacial score (nSPS) is 23.9. The van der Waals surface area contributed by atoms with Gasteiger partial charge in [-0.25, -0.2) is 4.79 Å². The molecule has 1 heterocycles. The largest absolute Gasteiger partial charge is 0.349 e. The Labute approximate surface area is 146 Å². The number of nitrogens with one attached hydrogen (secondary N) is 2. The average molecular weight is 351 g/mol. The van der Waals surface area contributed by atoms with Gasteiger partial charge in [0.2, 0.25) is 0 Å². The van der Waals surface area contributed by atoms with Gasteiger partial charge in [0.15, 0.2) is 0 Å². The first-order valence-corrected chi connectivity index (χ1v) is 8.84. The van der Waals surface area contributed by atoms with E-state index in [-0.39, 0.29) is 18.0 Å². The van der Waals surface area contributed by atoms with Gasteiger partial charge >= 0.3 is 6.03 Å². The second-order valence-corrected chi connectivity index (χ2v) is 6.82. The van der Waals surface area contributed by atoms with Gasteiger partial charge in [0, 0.05) is 24.7 Å². The molecule has 3 rings (SSSR count). The van der Waals surface area contributed by atoms with Crippen LogP contribution in [-0.4, -0.2) is 37.6 Å². The van der Waals surface area contributed by atoms with Gasteiger partial charge < -0.3 is 16.4 Å². The number of nitrogens with zero attached hydrogens (tertiary/aromatic N) is 1. The van der Waals surface area contributed by atoms with Crippen LogP contribution in [0.2, 0.25) is 5.02 Å². The van der Waals surface area contributed by atoms with Crippen LogP contribution in [0.25, 0.3) is 0 Å². The summed E-state index contributed by atoms with van der Waals surface area (Å²) in [5, 5.41) is 6.30. The maximum absolute atomic E-state index is 12.6. The predicted octanol–water partition coefficient (Wildman–Crippen LogP) is 2.12. The molecule has 130 valence electrons. The fourth-order valence-corrected chi connectivity index (χ4v) is 3.71. The minimum atomic E-state index is -0.190. The Hall–Kier alpha value is -1.79. The molecule has 0 bridgehead atoms. The van der Waals surface area contributed by atoms with E-state index >= 15 is 0 Å². The van der Waals surface area contributed by atoms with Gasteiger partial charge in [0.05, 0.1) is 10.7 Å². The highest BCUT2D eigenvalue weighted by atomic mass is 35.5. The van der Waals surface area contributed by atoms with Gasteiger partial charge in [-0.15, -0.1) is 0 Å². The molecule has 1 aliphatic carbocycles. The van der Waals surface area contributed by atoms with Crippen molar-refractivity contribution in [2.45, 2.75) is 31.7 Å². The number of amides is 3. The molecule has 2 fully saturated rings. The van der Waals surface area contributed by atoms with E-state index in [1.54, 1.807) is 23.1 Å². The number of nitrogens with two attached hydrogens (primary N) is 1. The van der Waals surface area contributed by atoms with E-state index in [1.807, 2.05) is 0 Å². The number of urea groups is 1. The maximum atomic E-state index is 12.6. The van der Waals surface area contributed by atoms with Crippen molar-refractivity contribution in [2.75, 3.05) is 24.5 Å². The highest BCUT2D eigenvalue weighted by molar-refractivity contribution is 6.34. The summed E-state index contributed by atoms with van der Waals surface area (Å²) in [4.78, 5) is 26.0. The SMILES string of the molecule is NCC1CCCCC1NC(=O)c1ccc(Cl)c(N2CCNC2=O)c1. The lowest BCUT2D eigenvalue weighted by Gasteiger charge is -2.31. The predicted molar refractivity (Wildman–Crippen MR) is 94.5 cm³/mol. The zero-order valence-corrected chi connectivity index (χ0v) is 14.3. The molecule has 1 aliphatic heterocycles. The van der Waals surface area contributed by atoms with Crippen molar-refractivity contribution in [1.29, 1.82) is 0 Å². The summed E-state index contributed by atoms with van der Waals surface area (Å²) in [5.74, 6) is 0.191. The van der Waals surface area contributed by atoms with E-state index in [0.29, 0.717) is 41.8 Å². The van der Waals surface area contributed by atoms with Crippen molar-refractivity contribution in [3.63, 3.8) is 0 Å². The fraction of sp³-hybridized carbons (Fsp3) is 0.529. The topological polar surface area (TPSA) is 87.5 Å². The molecule has 0 aromatic heterocycles. The molecule has 0 radical (unpaired) electrons. The molecule has 1 saturated carbocycles. The Morgan fingerprint density at radius 3 is 2.88 bits per heavy atom. The van der Waals surface area contributed by atoms with Gasteiger partial charge in [0.1, 0.15) is 0 Å². The maximum Gasteiger partial charge on any atom is 0.322 e. The highest BCUT2D eigenvalue weighted by Crippen LogP contribution is 2.29. The van der Waals surface area contributed by atoms with Gasteiger partial charge in [-0.1, -0.05) is 24.4 Å². The van der Waals surface area contributed by atoms with Crippen molar-refractivity contribution in [2.24, 2.45) is 11.7 Å². The number of hydrogen-bond acceptors (Lipinski definition) is 3. The molecule has 2 atom stereocenters. The molecule has 4 N–H and O–H groups in total. The third kappa shape index (κ3) is 3.49. The Bertz CT molecular complexity index is 637. The van der Waals surface area contributed by atoms with Gasteiger partial charge in [-0.05, 0) is 43.5 Å². The number of anilines is 1. The fourth-order valence-electron chi connectivity index (χ4n) is 3.49. The summed E-state index contributed by atoms with van der Waals surface area (Å²) in [6.45, 7) is 1.71. The van der Waals surface area contributed by atoms with Crippen molar-refractivity contribution >= 4 is 29.2 Å². The van der Waals surface area contributed by atoms with E-state index in [0.717, 1.165) is 19.3 Å². The van der Waals surface area contributed by atoms with Crippen LogP contribution >= 0.6 is 11.6 Å². The summed E-state index contributed by atoms with van der Waals surface area (Å²) in [6.07, 6.45) is 4.30. The lowest BCUT2D eigenvalue weighted by atomic mass is 9.84. The molecule has 2 aliphatic rings. The van der Waals surface area contributed by atoms with Gasteiger partial charge in [-0.2, -0.15) is 0 Å². The third-order valence-corrected chi connectivity index (χ3v) is 5.20. The van der Waals surface area contributed by atoms with Crippen molar-refractivity contribution in [3.8, 4) is 0 Å². The minimum absolute atomic E-state index is 0.116. The Kier molecular flexibility index (Phi) is 5.26. The summed E-state index contributed by atoms with van der Waals surface area (Å²) in [6, 6.07) is 4.96. The summed E-state index contributed by atoms with van der Waals surface area (Å²) < 4.78 is 0.